The van der Waals surface area contributed by atoms with Crippen molar-refractivity contribution in [3.05, 3.63) is 124 Å². The lowest BCUT2D eigenvalue weighted by atomic mass is 10.0. The summed E-state index contributed by atoms with van der Waals surface area (Å²) in [6.45, 7) is 0. The molecule has 2 aliphatic heterocycles. The van der Waals surface area contributed by atoms with Gasteiger partial charge in [-0.05, 0) is 53.2 Å². The molecule has 2 aromatic heterocycles. The number of hydrogen-bond acceptors (Lipinski definition) is 2. The number of fused-ring (bicyclic) bond motifs is 9. The molecular formula is C32H17N3O2. The second-order valence-corrected chi connectivity index (χ2v) is 9.70. The van der Waals surface area contributed by atoms with Crippen LogP contribution in [0.25, 0.3) is 71.1 Å². The first-order valence-corrected chi connectivity index (χ1v) is 12.3. The standard InChI is InChI=1S/C32H17N3O2/c36-31-23-11-4-2-9-19(23)21-16-17-27-30-29(21)34(31)25-14-6-5-13-24(25)33(30)26-15-7-12-20-18-8-1-3-10-22(18)32(37)35(27)28(20)26/h1-17H. The van der Waals surface area contributed by atoms with Gasteiger partial charge in [0.1, 0.15) is 0 Å². The highest BCUT2D eigenvalue weighted by Gasteiger charge is 2.25. The largest absolute Gasteiger partial charge is 0.302 e. The van der Waals surface area contributed by atoms with Crippen LogP contribution in [0, 0.1) is 0 Å². The zero-order chi connectivity index (χ0) is 24.4. The van der Waals surface area contributed by atoms with Crippen molar-refractivity contribution in [1.29, 1.82) is 0 Å². The number of benzene rings is 5. The summed E-state index contributed by atoms with van der Waals surface area (Å²) in [5.41, 5.74) is 5.91. The Bertz CT molecular complexity index is 2510. The lowest BCUT2D eigenvalue weighted by Gasteiger charge is -2.26. The molecule has 5 heteroatoms. The Morgan fingerprint density at radius 3 is 1.59 bits per heavy atom. The number of pyridine rings is 2. The van der Waals surface area contributed by atoms with Crippen molar-refractivity contribution in [3.8, 4) is 5.69 Å². The van der Waals surface area contributed by atoms with Crippen molar-refractivity contribution in [1.82, 2.24) is 13.4 Å². The molecule has 0 radical (unpaired) electrons. The van der Waals surface area contributed by atoms with Crippen LogP contribution in [-0.2, 0) is 0 Å². The minimum absolute atomic E-state index is 0.0562. The molecule has 4 heterocycles. The molecule has 0 saturated heterocycles. The summed E-state index contributed by atoms with van der Waals surface area (Å²) in [7, 11) is 0. The van der Waals surface area contributed by atoms with Crippen molar-refractivity contribution in [2.24, 2.45) is 0 Å². The summed E-state index contributed by atoms with van der Waals surface area (Å²) >= 11 is 0. The SMILES string of the molecule is O=c1c2ccccc2c2ccc3c4c2n1c1ccccc1n-4c1cccc2c4ccccc4c(=O)n3c21. The number of rotatable bonds is 0. The minimum atomic E-state index is -0.0570. The van der Waals surface area contributed by atoms with Crippen molar-refractivity contribution in [2.45, 2.75) is 0 Å². The van der Waals surface area contributed by atoms with Gasteiger partial charge in [-0.15, -0.1) is 0 Å². The fourth-order valence-electron chi connectivity index (χ4n) is 6.50. The summed E-state index contributed by atoms with van der Waals surface area (Å²) in [5, 5.41) is 5.23. The normalized spacial score (nSPS) is 12.5. The Morgan fingerprint density at radius 2 is 0.892 bits per heavy atom. The van der Waals surface area contributed by atoms with Gasteiger partial charge in [-0.25, -0.2) is 0 Å². The van der Waals surface area contributed by atoms with Gasteiger partial charge in [0.25, 0.3) is 11.1 Å². The first-order chi connectivity index (χ1) is 18.2. The van der Waals surface area contributed by atoms with E-state index in [1.54, 1.807) is 0 Å². The van der Waals surface area contributed by atoms with Gasteiger partial charge in [-0.2, -0.15) is 0 Å². The van der Waals surface area contributed by atoms with E-state index in [-0.39, 0.29) is 11.1 Å². The Morgan fingerprint density at radius 1 is 0.378 bits per heavy atom. The van der Waals surface area contributed by atoms with Gasteiger partial charge in [-0.3, -0.25) is 18.4 Å². The maximum absolute atomic E-state index is 14.1. The van der Waals surface area contributed by atoms with Gasteiger partial charge in [0.05, 0.1) is 38.8 Å². The smallest absolute Gasteiger partial charge is 0.263 e. The average Bonchev–Trinajstić information content (AvgIpc) is 2.95. The van der Waals surface area contributed by atoms with Crippen molar-refractivity contribution in [3.63, 3.8) is 0 Å². The Hall–Kier alpha value is -5.16. The van der Waals surface area contributed by atoms with E-state index in [0.717, 1.165) is 60.3 Å². The number of para-hydroxylation sites is 3. The molecule has 0 N–H and O–H groups in total. The Balaban J connectivity index is 1.76. The number of hydrogen-bond donors (Lipinski definition) is 0. The van der Waals surface area contributed by atoms with E-state index in [0.29, 0.717) is 10.8 Å². The van der Waals surface area contributed by atoms with Crippen LogP contribution >= 0.6 is 0 Å². The molecule has 7 aromatic rings. The zero-order valence-corrected chi connectivity index (χ0v) is 19.5. The van der Waals surface area contributed by atoms with Crippen LogP contribution in [0.5, 0.6) is 0 Å². The van der Waals surface area contributed by atoms with Crippen LogP contribution in [0.15, 0.2) is 113 Å². The third kappa shape index (κ3) is 2.09. The molecule has 5 aromatic carbocycles. The second kappa shape index (κ2) is 6.33. The predicted octanol–water partition coefficient (Wildman–Crippen LogP) is 6.34. The molecule has 9 rings (SSSR count). The third-order valence-corrected chi connectivity index (χ3v) is 7.96. The molecule has 2 aliphatic rings. The van der Waals surface area contributed by atoms with E-state index in [4.69, 9.17) is 0 Å². The summed E-state index contributed by atoms with van der Waals surface area (Å²) in [5.74, 6) is 0. The fourth-order valence-corrected chi connectivity index (χ4v) is 6.50. The Kier molecular flexibility index (Phi) is 3.27. The molecule has 0 amide bonds. The summed E-state index contributed by atoms with van der Waals surface area (Å²) in [6.07, 6.45) is 0. The summed E-state index contributed by atoms with van der Waals surface area (Å²) in [6, 6.07) is 33.9. The van der Waals surface area contributed by atoms with Crippen molar-refractivity contribution >= 4 is 65.4 Å². The zero-order valence-electron chi connectivity index (χ0n) is 19.5. The first kappa shape index (κ1) is 19.1. The number of aromatic nitrogens is 3. The van der Waals surface area contributed by atoms with Gasteiger partial charge >= 0.3 is 0 Å². The van der Waals surface area contributed by atoms with E-state index < -0.39 is 0 Å². The Labute approximate surface area is 208 Å². The molecule has 172 valence electrons. The maximum Gasteiger partial charge on any atom is 0.263 e. The second-order valence-electron chi connectivity index (χ2n) is 9.70. The summed E-state index contributed by atoms with van der Waals surface area (Å²) in [4.78, 5) is 28.1. The molecule has 0 saturated carbocycles. The van der Waals surface area contributed by atoms with Gasteiger partial charge in [0.15, 0.2) is 0 Å². The maximum atomic E-state index is 14.1. The van der Waals surface area contributed by atoms with E-state index in [9.17, 15) is 9.59 Å². The highest BCUT2D eigenvalue weighted by molar-refractivity contribution is 6.17. The average molecular weight is 476 g/mol. The van der Waals surface area contributed by atoms with Crippen LogP contribution in [0.3, 0.4) is 0 Å². The minimum Gasteiger partial charge on any atom is -0.302 e. The molecule has 0 aliphatic carbocycles. The van der Waals surface area contributed by atoms with Crippen molar-refractivity contribution in [2.75, 3.05) is 0 Å². The van der Waals surface area contributed by atoms with Crippen LogP contribution in [0.4, 0.5) is 0 Å². The monoisotopic (exact) mass is 475 g/mol. The van der Waals surface area contributed by atoms with Crippen LogP contribution in [0.2, 0.25) is 0 Å². The van der Waals surface area contributed by atoms with Crippen LogP contribution in [-0.4, -0.2) is 13.4 Å². The summed E-state index contributed by atoms with van der Waals surface area (Å²) < 4.78 is 5.91. The van der Waals surface area contributed by atoms with Crippen molar-refractivity contribution < 1.29 is 0 Å². The van der Waals surface area contributed by atoms with E-state index >= 15 is 0 Å². The molecule has 0 atom stereocenters. The molecule has 0 spiro atoms. The first-order valence-electron chi connectivity index (χ1n) is 12.3. The van der Waals surface area contributed by atoms with Gasteiger partial charge in [-0.1, -0.05) is 60.7 Å². The lowest BCUT2D eigenvalue weighted by molar-refractivity contribution is 1.05. The quantitative estimate of drug-likeness (QED) is 0.190. The van der Waals surface area contributed by atoms with Crippen LogP contribution < -0.4 is 11.1 Å². The molecule has 0 unspecified atom stereocenters. The van der Waals surface area contributed by atoms with E-state index in [2.05, 4.69) is 34.9 Å². The van der Waals surface area contributed by atoms with Crippen LogP contribution in [0.1, 0.15) is 0 Å². The predicted molar refractivity (Wildman–Crippen MR) is 150 cm³/mol. The van der Waals surface area contributed by atoms with Gasteiger partial charge in [0, 0.05) is 21.5 Å². The van der Waals surface area contributed by atoms with E-state index in [1.165, 1.54) is 0 Å². The highest BCUT2D eigenvalue weighted by atomic mass is 16.1. The third-order valence-electron chi connectivity index (χ3n) is 7.96. The molecule has 0 fully saturated rings. The molecular weight excluding hydrogens is 458 g/mol. The molecule has 5 nitrogen and oxygen atoms in total. The van der Waals surface area contributed by atoms with E-state index in [1.807, 2.05) is 81.6 Å². The van der Waals surface area contributed by atoms with Gasteiger partial charge < -0.3 is 4.57 Å². The molecule has 37 heavy (non-hydrogen) atoms. The fraction of sp³-hybridized carbons (Fsp3) is 0. The highest BCUT2D eigenvalue weighted by Crippen LogP contribution is 2.40. The topological polar surface area (TPSA) is 47.9 Å². The van der Waals surface area contributed by atoms with Gasteiger partial charge in [0.2, 0.25) is 0 Å². The lowest BCUT2D eigenvalue weighted by Crippen LogP contribution is -2.23. The number of nitrogens with zero attached hydrogens (tertiary/aromatic N) is 3. The molecule has 0 bridgehead atoms.